The highest BCUT2D eigenvalue weighted by Crippen LogP contribution is 2.20. The molecule has 1 aromatic carbocycles. The Labute approximate surface area is 167 Å². The Balaban J connectivity index is 1.53. The summed E-state index contributed by atoms with van der Waals surface area (Å²) in [6, 6.07) is 7.01. The number of benzene rings is 1. The third-order valence-electron chi connectivity index (χ3n) is 4.56. The van der Waals surface area contributed by atoms with Gasteiger partial charge in [-0.25, -0.2) is 0 Å². The van der Waals surface area contributed by atoms with Crippen LogP contribution in [0.25, 0.3) is 0 Å². The van der Waals surface area contributed by atoms with Gasteiger partial charge in [0.25, 0.3) is 5.91 Å². The zero-order valence-electron chi connectivity index (χ0n) is 16.1. The maximum Gasteiger partial charge on any atom is 0.252 e. The zero-order chi connectivity index (χ0) is 19.3. The molecule has 1 aromatic rings. The van der Waals surface area contributed by atoms with Crippen molar-refractivity contribution >= 4 is 23.5 Å². The van der Waals surface area contributed by atoms with Gasteiger partial charge in [-0.1, -0.05) is 43.0 Å². The number of guanidine groups is 1. The molecule has 0 heterocycles. The Bertz CT molecular complexity index is 603. The number of aliphatic imine (C=N–C) groups is 1. The fraction of sp³-hybridized carbons (Fsp3) is 0.600. The van der Waals surface area contributed by atoms with Crippen LogP contribution in [0.1, 0.15) is 48.9 Å². The van der Waals surface area contributed by atoms with E-state index < -0.39 is 0 Å². The van der Waals surface area contributed by atoms with Crippen LogP contribution in [0.5, 0.6) is 0 Å². The number of carbonyl (C=O) groups excluding carboxylic acids is 1. The molecule has 1 aliphatic carbocycles. The molecule has 1 saturated carbocycles. The van der Waals surface area contributed by atoms with Crippen molar-refractivity contribution in [2.24, 2.45) is 4.99 Å². The quantitative estimate of drug-likeness (QED) is 0.342. The average Bonchev–Trinajstić information content (AvgIpc) is 2.70. The van der Waals surface area contributed by atoms with Gasteiger partial charge in [0, 0.05) is 33.3 Å². The summed E-state index contributed by atoms with van der Waals surface area (Å²) in [5.74, 6) is 0.546. The van der Waals surface area contributed by atoms with Crippen LogP contribution in [-0.2, 0) is 4.74 Å². The number of hydrogen-bond donors (Lipinski definition) is 3. The average molecular weight is 395 g/mol. The predicted octanol–water partition coefficient (Wildman–Crippen LogP) is 2.97. The molecule has 150 valence electrons. The summed E-state index contributed by atoms with van der Waals surface area (Å²) < 4.78 is 5.92. The highest BCUT2D eigenvalue weighted by atomic mass is 35.5. The Hall–Kier alpha value is -1.79. The van der Waals surface area contributed by atoms with Gasteiger partial charge in [-0.15, -0.1) is 0 Å². The first-order chi connectivity index (χ1) is 13.2. The van der Waals surface area contributed by atoms with Crippen molar-refractivity contribution in [3.63, 3.8) is 0 Å². The lowest BCUT2D eigenvalue weighted by Crippen LogP contribution is -2.42. The first-order valence-electron chi connectivity index (χ1n) is 9.79. The van der Waals surface area contributed by atoms with Crippen molar-refractivity contribution in [1.82, 2.24) is 16.0 Å². The van der Waals surface area contributed by atoms with Gasteiger partial charge >= 0.3 is 0 Å². The van der Waals surface area contributed by atoms with Crippen LogP contribution < -0.4 is 16.0 Å². The number of nitrogens with zero attached hydrogens (tertiary/aromatic N) is 1. The molecular formula is C20H31ClN4O2. The molecule has 0 atom stereocenters. The van der Waals surface area contributed by atoms with E-state index in [9.17, 15) is 4.79 Å². The lowest BCUT2D eigenvalue weighted by Gasteiger charge is -2.22. The third-order valence-corrected chi connectivity index (χ3v) is 4.89. The molecule has 3 N–H and O–H groups in total. The van der Waals surface area contributed by atoms with Crippen LogP contribution in [0, 0.1) is 0 Å². The van der Waals surface area contributed by atoms with Crippen molar-refractivity contribution in [3.05, 3.63) is 34.9 Å². The molecule has 1 fully saturated rings. The molecule has 6 nitrogen and oxygen atoms in total. The van der Waals surface area contributed by atoms with Crippen molar-refractivity contribution in [1.29, 1.82) is 0 Å². The second-order valence-electron chi connectivity index (χ2n) is 6.65. The topological polar surface area (TPSA) is 74.8 Å². The Morgan fingerprint density at radius 1 is 1.11 bits per heavy atom. The number of hydrogen-bond acceptors (Lipinski definition) is 3. The molecule has 1 aliphatic rings. The third kappa shape index (κ3) is 8.18. The van der Waals surface area contributed by atoms with Crippen molar-refractivity contribution < 1.29 is 9.53 Å². The molecule has 0 aliphatic heterocycles. The Morgan fingerprint density at radius 2 is 1.81 bits per heavy atom. The minimum atomic E-state index is -0.176. The number of nitrogens with one attached hydrogen (secondary N) is 3. The van der Waals surface area contributed by atoms with Crippen LogP contribution in [0.3, 0.4) is 0 Å². The summed E-state index contributed by atoms with van der Waals surface area (Å²) >= 11 is 6.02. The van der Waals surface area contributed by atoms with Crippen LogP contribution in [0.2, 0.25) is 5.02 Å². The van der Waals surface area contributed by atoms with Crippen molar-refractivity contribution in [3.8, 4) is 0 Å². The van der Waals surface area contributed by atoms with Gasteiger partial charge in [0.05, 0.1) is 16.7 Å². The Kier molecular flexibility index (Phi) is 10.0. The summed E-state index contributed by atoms with van der Waals surface area (Å²) in [5.41, 5.74) is 0.486. The molecule has 0 bridgehead atoms. The second-order valence-corrected chi connectivity index (χ2v) is 7.05. The number of ether oxygens (including phenoxy) is 1. The monoisotopic (exact) mass is 394 g/mol. The SMILES string of the molecule is CN=C(NCCCOC1CCCCC1)NCCNC(=O)c1ccccc1Cl. The van der Waals surface area contributed by atoms with Crippen LogP contribution in [0.4, 0.5) is 0 Å². The van der Waals surface area contributed by atoms with Crippen LogP contribution in [-0.4, -0.2) is 51.3 Å². The van der Waals surface area contributed by atoms with Gasteiger partial charge in [0.1, 0.15) is 0 Å². The second kappa shape index (κ2) is 12.6. The number of rotatable bonds is 9. The van der Waals surface area contributed by atoms with Crippen LogP contribution >= 0.6 is 11.6 Å². The van der Waals surface area contributed by atoms with Gasteiger partial charge in [0.15, 0.2) is 5.96 Å². The molecule has 2 rings (SSSR count). The van der Waals surface area contributed by atoms with E-state index in [1.807, 2.05) is 0 Å². The fourth-order valence-corrected chi connectivity index (χ4v) is 3.30. The molecule has 1 amide bonds. The first kappa shape index (κ1) is 21.5. The number of halogens is 1. The summed E-state index contributed by atoms with van der Waals surface area (Å²) in [6.07, 6.45) is 7.76. The molecule has 0 radical (unpaired) electrons. The Morgan fingerprint density at radius 3 is 2.56 bits per heavy atom. The van der Waals surface area contributed by atoms with Gasteiger partial charge < -0.3 is 20.7 Å². The normalized spacial score (nSPS) is 15.4. The molecule has 0 saturated heterocycles. The highest BCUT2D eigenvalue weighted by molar-refractivity contribution is 6.33. The molecule has 7 heteroatoms. The molecule has 0 unspecified atom stereocenters. The minimum Gasteiger partial charge on any atom is -0.378 e. The molecule has 27 heavy (non-hydrogen) atoms. The zero-order valence-corrected chi connectivity index (χ0v) is 16.9. The van der Waals surface area contributed by atoms with E-state index in [-0.39, 0.29) is 5.91 Å². The molecular weight excluding hydrogens is 364 g/mol. The largest absolute Gasteiger partial charge is 0.378 e. The summed E-state index contributed by atoms with van der Waals surface area (Å²) in [7, 11) is 1.73. The lowest BCUT2D eigenvalue weighted by molar-refractivity contribution is 0.0277. The summed E-state index contributed by atoms with van der Waals surface area (Å²) in [4.78, 5) is 16.3. The van der Waals surface area contributed by atoms with Gasteiger partial charge in [-0.2, -0.15) is 0 Å². The smallest absolute Gasteiger partial charge is 0.252 e. The van der Waals surface area contributed by atoms with E-state index in [1.165, 1.54) is 32.1 Å². The number of carbonyl (C=O) groups is 1. The van der Waals surface area contributed by atoms with Crippen molar-refractivity contribution in [2.75, 3.05) is 33.3 Å². The standard InChI is InChI=1S/C20H31ClN4O2/c1-22-20(24-12-7-15-27-16-8-3-2-4-9-16)25-14-13-23-19(26)17-10-5-6-11-18(17)21/h5-6,10-11,16H,2-4,7-9,12-15H2,1H3,(H,23,26)(H2,22,24,25). The summed E-state index contributed by atoms with van der Waals surface area (Å²) in [5, 5.41) is 9.74. The van der Waals surface area contributed by atoms with E-state index in [4.69, 9.17) is 16.3 Å². The van der Waals surface area contributed by atoms with Gasteiger partial charge in [-0.05, 0) is 31.4 Å². The van der Waals surface area contributed by atoms with Gasteiger partial charge in [-0.3, -0.25) is 9.79 Å². The number of amides is 1. The van der Waals surface area contributed by atoms with Gasteiger partial charge in [0.2, 0.25) is 0 Å². The van der Waals surface area contributed by atoms with E-state index in [1.54, 1.807) is 31.3 Å². The minimum absolute atomic E-state index is 0.176. The van der Waals surface area contributed by atoms with E-state index in [0.717, 1.165) is 25.5 Å². The summed E-state index contributed by atoms with van der Waals surface area (Å²) in [6.45, 7) is 2.64. The van der Waals surface area contributed by atoms with Crippen molar-refractivity contribution in [2.45, 2.75) is 44.6 Å². The highest BCUT2D eigenvalue weighted by Gasteiger charge is 2.13. The van der Waals surface area contributed by atoms with E-state index >= 15 is 0 Å². The van der Waals surface area contributed by atoms with Crippen LogP contribution in [0.15, 0.2) is 29.3 Å². The molecule has 0 aromatic heterocycles. The lowest BCUT2D eigenvalue weighted by atomic mass is 9.98. The maximum absolute atomic E-state index is 12.1. The fourth-order valence-electron chi connectivity index (χ4n) is 3.08. The van der Waals surface area contributed by atoms with E-state index in [2.05, 4.69) is 20.9 Å². The first-order valence-corrected chi connectivity index (χ1v) is 10.2. The predicted molar refractivity (Wildman–Crippen MR) is 111 cm³/mol. The van der Waals surface area contributed by atoms with E-state index in [0.29, 0.717) is 29.8 Å². The maximum atomic E-state index is 12.1. The molecule has 0 spiro atoms.